The molecular weight excluding hydrogens is 220 g/mol. The molecular formula is C12H12N2OS. The van der Waals surface area contributed by atoms with Gasteiger partial charge in [-0.3, -0.25) is 14.3 Å². The third-order valence-corrected chi connectivity index (χ3v) is 2.89. The summed E-state index contributed by atoms with van der Waals surface area (Å²) in [6.45, 7) is 4.11. The van der Waals surface area contributed by atoms with Crippen molar-refractivity contribution in [2.75, 3.05) is 0 Å². The van der Waals surface area contributed by atoms with Crippen LogP contribution in [0.4, 0.5) is 0 Å². The summed E-state index contributed by atoms with van der Waals surface area (Å²) in [7, 11) is 0. The Labute approximate surface area is 98.4 Å². The second-order valence-corrected chi connectivity index (χ2v) is 4.14. The van der Waals surface area contributed by atoms with Crippen LogP contribution < -0.4 is 5.56 Å². The summed E-state index contributed by atoms with van der Waals surface area (Å²) < 4.78 is 2.19. The zero-order valence-electron chi connectivity index (χ0n) is 9.15. The molecule has 0 atom stereocenters. The van der Waals surface area contributed by atoms with Crippen molar-refractivity contribution in [2.24, 2.45) is 0 Å². The van der Waals surface area contributed by atoms with Crippen molar-refractivity contribution >= 4 is 12.2 Å². The Morgan fingerprint density at radius 2 is 1.94 bits per heavy atom. The lowest BCUT2D eigenvalue weighted by molar-refractivity contribution is 0.935. The fraction of sp³-hybridized carbons (Fsp3) is 0.167. The molecule has 0 saturated carbocycles. The van der Waals surface area contributed by atoms with E-state index in [1.54, 1.807) is 10.8 Å². The molecule has 1 N–H and O–H groups in total. The topological polar surface area (TPSA) is 37.8 Å². The largest absolute Gasteiger partial charge is 0.299 e. The number of nitrogens with zero attached hydrogens (tertiary/aromatic N) is 1. The molecule has 1 heterocycles. The average Bonchev–Trinajstić information content (AvgIpc) is 2.22. The predicted octanol–water partition coefficient (Wildman–Crippen LogP) is 2.51. The third-order valence-electron chi connectivity index (χ3n) is 2.59. The van der Waals surface area contributed by atoms with Crippen molar-refractivity contribution in [2.45, 2.75) is 13.8 Å². The standard InChI is InChI=1S/C12H12N2OS/c1-8-3-4-10(7-9(8)2)14-6-5-11(15)13-12(14)16/h3-7H,1-2H3,(H,13,15,16). The fourth-order valence-corrected chi connectivity index (χ4v) is 1.76. The Bertz CT molecular complexity index is 640. The molecule has 0 spiro atoms. The number of aromatic nitrogens is 2. The lowest BCUT2D eigenvalue weighted by atomic mass is 10.1. The number of rotatable bonds is 1. The van der Waals surface area contributed by atoms with Gasteiger partial charge in [-0.15, -0.1) is 0 Å². The van der Waals surface area contributed by atoms with Gasteiger partial charge in [-0.2, -0.15) is 0 Å². The molecule has 0 unspecified atom stereocenters. The highest BCUT2D eigenvalue weighted by Crippen LogP contribution is 2.13. The second-order valence-electron chi connectivity index (χ2n) is 3.75. The Morgan fingerprint density at radius 1 is 1.19 bits per heavy atom. The van der Waals surface area contributed by atoms with Gasteiger partial charge in [0, 0.05) is 18.0 Å². The van der Waals surface area contributed by atoms with Gasteiger partial charge in [0.15, 0.2) is 4.77 Å². The number of hydrogen-bond donors (Lipinski definition) is 1. The van der Waals surface area contributed by atoms with Crippen LogP contribution in [0.3, 0.4) is 0 Å². The molecule has 0 amide bonds. The summed E-state index contributed by atoms with van der Waals surface area (Å²) in [5, 5.41) is 0. The van der Waals surface area contributed by atoms with Crippen LogP contribution in [0.15, 0.2) is 35.3 Å². The van der Waals surface area contributed by atoms with Crippen LogP contribution in [-0.2, 0) is 0 Å². The summed E-state index contributed by atoms with van der Waals surface area (Å²) >= 11 is 5.11. The lowest BCUT2D eigenvalue weighted by Gasteiger charge is -2.08. The highest BCUT2D eigenvalue weighted by molar-refractivity contribution is 7.71. The Kier molecular flexibility index (Phi) is 2.75. The zero-order valence-corrected chi connectivity index (χ0v) is 9.97. The molecule has 1 aromatic carbocycles. The minimum absolute atomic E-state index is 0.176. The van der Waals surface area contributed by atoms with E-state index in [1.807, 2.05) is 25.1 Å². The highest BCUT2D eigenvalue weighted by Gasteiger charge is 1.99. The lowest BCUT2D eigenvalue weighted by Crippen LogP contribution is -2.09. The van der Waals surface area contributed by atoms with E-state index >= 15 is 0 Å². The molecule has 2 rings (SSSR count). The summed E-state index contributed by atoms with van der Waals surface area (Å²) in [6, 6.07) is 7.53. The molecule has 82 valence electrons. The van der Waals surface area contributed by atoms with Gasteiger partial charge in [-0.1, -0.05) is 6.07 Å². The van der Waals surface area contributed by atoms with Crippen molar-refractivity contribution < 1.29 is 0 Å². The van der Waals surface area contributed by atoms with Gasteiger partial charge in [0.25, 0.3) is 5.56 Å². The summed E-state index contributed by atoms with van der Waals surface area (Å²) in [5.74, 6) is 0. The minimum Gasteiger partial charge on any atom is -0.299 e. The van der Waals surface area contributed by atoms with Gasteiger partial charge in [-0.05, 0) is 49.3 Å². The second kappa shape index (κ2) is 4.06. The number of hydrogen-bond acceptors (Lipinski definition) is 2. The van der Waals surface area contributed by atoms with Crippen LogP contribution in [0.1, 0.15) is 11.1 Å². The van der Waals surface area contributed by atoms with Crippen molar-refractivity contribution in [1.82, 2.24) is 9.55 Å². The molecule has 0 aliphatic heterocycles. The molecule has 4 heteroatoms. The molecule has 1 aromatic heterocycles. The van der Waals surface area contributed by atoms with Gasteiger partial charge in [0.2, 0.25) is 0 Å². The first-order valence-electron chi connectivity index (χ1n) is 4.97. The van der Waals surface area contributed by atoms with Crippen molar-refractivity contribution in [3.63, 3.8) is 0 Å². The maximum atomic E-state index is 11.1. The summed E-state index contributed by atoms with van der Waals surface area (Å²) in [4.78, 5) is 13.7. The molecule has 0 bridgehead atoms. The Hall–Kier alpha value is -1.68. The molecule has 0 radical (unpaired) electrons. The summed E-state index contributed by atoms with van der Waals surface area (Å²) in [6.07, 6.45) is 1.69. The van der Waals surface area contributed by atoms with Crippen molar-refractivity contribution in [3.8, 4) is 5.69 Å². The quantitative estimate of drug-likeness (QED) is 0.767. The van der Waals surface area contributed by atoms with E-state index in [0.29, 0.717) is 4.77 Å². The van der Waals surface area contributed by atoms with E-state index in [4.69, 9.17) is 12.2 Å². The first-order chi connectivity index (χ1) is 7.58. The first kappa shape index (κ1) is 10.8. The molecule has 2 aromatic rings. The normalized spacial score (nSPS) is 10.4. The minimum atomic E-state index is -0.176. The van der Waals surface area contributed by atoms with Crippen LogP contribution in [-0.4, -0.2) is 9.55 Å². The molecule has 16 heavy (non-hydrogen) atoms. The monoisotopic (exact) mass is 232 g/mol. The fourth-order valence-electron chi connectivity index (χ4n) is 1.50. The van der Waals surface area contributed by atoms with Crippen molar-refractivity contribution in [3.05, 3.63) is 56.7 Å². The van der Waals surface area contributed by atoms with Crippen molar-refractivity contribution in [1.29, 1.82) is 0 Å². The molecule has 0 saturated heterocycles. The Balaban J connectivity index is 2.63. The van der Waals surface area contributed by atoms with Gasteiger partial charge in [0.05, 0.1) is 0 Å². The molecule has 0 aliphatic rings. The Morgan fingerprint density at radius 3 is 2.56 bits per heavy atom. The van der Waals surface area contributed by atoms with Crippen LogP contribution in [0.25, 0.3) is 5.69 Å². The van der Waals surface area contributed by atoms with Gasteiger partial charge >= 0.3 is 0 Å². The van der Waals surface area contributed by atoms with Crippen LogP contribution in [0.2, 0.25) is 0 Å². The van der Waals surface area contributed by atoms with Crippen LogP contribution in [0, 0.1) is 18.6 Å². The van der Waals surface area contributed by atoms with Gasteiger partial charge < -0.3 is 0 Å². The number of aromatic amines is 1. The van der Waals surface area contributed by atoms with Crippen LogP contribution in [0.5, 0.6) is 0 Å². The summed E-state index contributed by atoms with van der Waals surface area (Å²) in [5.41, 5.74) is 3.22. The smallest absolute Gasteiger partial charge is 0.251 e. The van der Waals surface area contributed by atoms with E-state index in [0.717, 1.165) is 5.69 Å². The third kappa shape index (κ3) is 1.97. The van der Waals surface area contributed by atoms with E-state index in [9.17, 15) is 4.79 Å². The maximum absolute atomic E-state index is 11.1. The molecule has 0 aliphatic carbocycles. The van der Waals surface area contributed by atoms with E-state index in [1.165, 1.54) is 17.2 Å². The maximum Gasteiger partial charge on any atom is 0.251 e. The van der Waals surface area contributed by atoms with E-state index in [-0.39, 0.29) is 5.56 Å². The predicted molar refractivity (Wildman–Crippen MR) is 66.7 cm³/mol. The number of benzene rings is 1. The number of aryl methyl sites for hydroxylation is 2. The molecule has 0 fully saturated rings. The number of nitrogens with one attached hydrogen (secondary N) is 1. The average molecular weight is 232 g/mol. The van der Waals surface area contributed by atoms with Gasteiger partial charge in [0.1, 0.15) is 0 Å². The van der Waals surface area contributed by atoms with E-state index in [2.05, 4.69) is 11.9 Å². The first-order valence-corrected chi connectivity index (χ1v) is 5.38. The molecule has 3 nitrogen and oxygen atoms in total. The van der Waals surface area contributed by atoms with Crippen LogP contribution >= 0.6 is 12.2 Å². The van der Waals surface area contributed by atoms with E-state index < -0.39 is 0 Å². The number of H-pyrrole nitrogens is 1. The highest BCUT2D eigenvalue weighted by atomic mass is 32.1. The van der Waals surface area contributed by atoms with Gasteiger partial charge in [-0.25, -0.2) is 0 Å². The SMILES string of the molecule is Cc1ccc(-n2ccc(=O)[nH]c2=S)cc1C. The zero-order chi connectivity index (χ0) is 11.7.